The first-order valence-electron chi connectivity index (χ1n) is 4.55. The highest BCUT2D eigenvalue weighted by Crippen LogP contribution is 2.12. The van der Waals surface area contributed by atoms with Crippen LogP contribution in [0.15, 0.2) is 24.8 Å². The number of hydrogen-bond donors (Lipinski definition) is 1. The molecule has 15 heavy (non-hydrogen) atoms. The van der Waals surface area contributed by atoms with Gasteiger partial charge < -0.3 is 5.11 Å². The van der Waals surface area contributed by atoms with Gasteiger partial charge in [-0.05, 0) is 0 Å². The van der Waals surface area contributed by atoms with Gasteiger partial charge in [-0.2, -0.15) is 0 Å². The summed E-state index contributed by atoms with van der Waals surface area (Å²) >= 11 is 0. The molecule has 0 fully saturated rings. The van der Waals surface area contributed by atoms with Crippen molar-refractivity contribution in [2.75, 3.05) is 0 Å². The van der Waals surface area contributed by atoms with Gasteiger partial charge in [-0.3, -0.25) is 14.6 Å². The Morgan fingerprint density at radius 1 is 1.47 bits per heavy atom. The molecule has 2 aromatic rings. The van der Waals surface area contributed by atoms with Gasteiger partial charge in [0.15, 0.2) is 0 Å². The van der Waals surface area contributed by atoms with E-state index in [1.807, 2.05) is 0 Å². The minimum absolute atomic E-state index is 0.395. The van der Waals surface area contributed by atoms with Crippen molar-refractivity contribution in [3.05, 3.63) is 36.2 Å². The maximum absolute atomic E-state index is 9.80. The Morgan fingerprint density at radius 2 is 2.33 bits per heavy atom. The zero-order valence-corrected chi connectivity index (χ0v) is 8.28. The van der Waals surface area contributed by atoms with E-state index in [2.05, 4.69) is 20.3 Å². The van der Waals surface area contributed by atoms with Crippen molar-refractivity contribution >= 4 is 0 Å². The van der Waals surface area contributed by atoms with E-state index in [1.165, 1.54) is 0 Å². The molecule has 0 aliphatic carbocycles. The maximum atomic E-state index is 9.80. The highest BCUT2D eigenvalue weighted by Gasteiger charge is 2.11. The van der Waals surface area contributed by atoms with Crippen LogP contribution < -0.4 is 0 Å². The zero-order chi connectivity index (χ0) is 10.7. The molecule has 0 aliphatic heterocycles. The van der Waals surface area contributed by atoms with Crippen LogP contribution in [0.1, 0.15) is 17.5 Å². The van der Waals surface area contributed by atoms with Crippen LogP contribution in [-0.2, 0) is 13.5 Å². The molecule has 0 radical (unpaired) electrons. The van der Waals surface area contributed by atoms with E-state index in [4.69, 9.17) is 0 Å². The van der Waals surface area contributed by atoms with Gasteiger partial charge in [0.05, 0.1) is 17.6 Å². The second-order valence-electron chi connectivity index (χ2n) is 3.23. The number of aliphatic hydroxyl groups is 1. The number of rotatable bonds is 3. The summed E-state index contributed by atoms with van der Waals surface area (Å²) < 4.78 is 1.60. The van der Waals surface area contributed by atoms with Crippen molar-refractivity contribution in [3.8, 4) is 0 Å². The van der Waals surface area contributed by atoms with Crippen molar-refractivity contribution in [1.82, 2.24) is 25.0 Å². The third-order valence-electron chi connectivity index (χ3n) is 1.98. The SMILES string of the molecule is Cn1cc(CC(O)c2cnccn2)nn1. The Morgan fingerprint density at radius 3 is 2.93 bits per heavy atom. The van der Waals surface area contributed by atoms with E-state index in [9.17, 15) is 5.11 Å². The molecule has 0 aromatic carbocycles. The number of nitrogens with zero attached hydrogens (tertiary/aromatic N) is 5. The van der Waals surface area contributed by atoms with E-state index in [1.54, 1.807) is 36.5 Å². The van der Waals surface area contributed by atoms with Crippen molar-refractivity contribution in [3.63, 3.8) is 0 Å². The fourth-order valence-electron chi connectivity index (χ4n) is 1.27. The molecule has 0 saturated heterocycles. The van der Waals surface area contributed by atoms with Crippen LogP contribution in [0.2, 0.25) is 0 Å². The molecule has 78 valence electrons. The largest absolute Gasteiger partial charge is 0.386 e. The molecule has 0 spiro atoms. The Hall–Kier alpha value is -1.82. The molecule has 0 amide bonds. The molecule has 2 rings (SSSR count). The summed E-state index contributed by atoms with van der Waals surface area (Å²) in [7, 11) is 1.78. The molecular formula is C9H11N5O. The van der Waals surface area contributed by atoms with Crippen LogP contribution in [0, 0.1) is 0 Å². The highest BCUT2D eigenvalue weighted by atomic mass is 16.3. The van der Waals surface area contributed by atoms with Gasteiger partial charge >= 0.3 is 0 Å². The molecule has 0 saturated carbocycles. The van der Waals surface area contributed by atoms with Crippen LogP contribution >= 0.6 is 0 Å². The van der Waals surface area contributed by atoms with Gasteiger partial charge in [-0.15, -0.1) is 5.10 Å². The van der Waals surface area contributed by atoms with Gasteiger partial charge in [-0.1, -0.05) is 5.21 Å². The molecule has 1 atom stereocenters. The van der Waals surface area contributed by atoms with Crippen LogP contribution in [0.4, 0.5) is 0 Å². The quantitative estimate of drug-likeness (QED) is 0.756. The lowest BCUT2D eigenvalue weighted by Crippen LogP contribution is -2.04. The van der Waals surface area contributed by atoms with Gasteiger partial charge in [0.25, 0.3) is 0 Å². The second-order valence-corrected chi connectivity index (χ2v) is 3.23. The Labute approximate surface area is 86.6 Å². The first-order chi connectivity index (χ1) is 7.25. The van der Waals surface area contributed by atoms with E-state index < -0.39 is 6.10 Å². The van der Waals surface area contributed by atoms with Crippen LogP contribution in [-0.4, -0.2) is 30.1 Å². The molecule has 2 aromatic heterocycles. The fraction of sp³-hybridized carbons (Fsp3) is 0.333. The summed E-state index contributed by atoms with van der Waals surface area (Å²) in [6.07, 6.45) is 6.14. The van der Waals surface area contributed by atoms with E-state index >= 15 is 0 Å². The molecule has 6 heteroatoms. The lowest BCUT2D eigenvalue weighted by molar-refractivity contribution is 0.172. The fourth-order valence-corrected chi connectivity index (χ4v) is 1.27. The summed E-state index contributed by atoms with van der Waals surface area (Å²) in [5, 5.41) is 17.5. The Kier molecular flexibility index (Phi) is 2.68. The van der Waals surface area contributed by atoms with Gasteiger partial charge in [0, 0.05) is 32.1 Å². The highest BCUT2D eigenvalue weighted by molar-refractivity contribution is 5.04. The van der Waals surface area contributed by atoms with Crippen LogP contribution in [0.5, 0.6) is 0 Å². The predicted molar refractivity (Wildman–Crippen MR) is 51.7 cm³/mol. The summed E-state index contributed by atoms with van der Waals surface area (Å²) in [6, 6.07) is 0. The van der Waals surface area contributed by atoms with Crippen molar-refractivity contribution in [2.45, 2.75) is 12.5 Å². The second kappa shape index (κ2) is 4.14. The standard InChI is InChI=1S/C9H11N5O/c1-14-6-7(12-13-14)4-9(15)8-5-10-2-3-11-8/h2-3,5-6,9,15H,4H2,1H3. The monoisotopic (exact) mass is 205 g/mol. The lowest BCUT2D eigenvalue weighted by atomic mass is 10.1. The molecule has 1 N–H and O–H groups in total. The van der Waals surface area contributed by atoms with Crippen LogP contribution in [0.25, 0.3) is 0 Å². The van der Waals surface area contributed by atoms with E-state index in [0.717, 1.165) is 5.69 Å². The average molecular weight is 205 g/mol. The normalized spacial score (nSPS) is 12.7. The third kappa shape index (κ3) is 2.35. The predicted octanol–water partition coefficient (Wildman–Crippen LogP) is -0.119. The first kappa shape index (κ1) is 9.72. The minimum atomic E-state index is -0.685. The molecule has 1 unspecified atom stereocenters. The molecule has 6 nitrogen and oxygen atoms in total. The van der Waals surface area contributed by atoms with Crippen molar-refractivity contribution in [2.24, 2.45) is 7.05 Å². The third-order valence-corrected chi connectivity index (χ3v) is 1.98. The van der Waals surface area contributed by atoms with E-state index in [0.29, 0.717) is 12.1 Å². The Bertz CT molecular complexity index is 427. The number of aryl methyl sites for hydroxylation is 1. The average Bonchev–Trinajstić information content (AvgIpc) is 2.65. The topological polar surface area (TPSA) is 76.7 Å². The number of aromatic nitrogens is 5. The van der Waals surface area contributed by atoms with Crippen molar-refractivity contribution in [1.29, 1.82) is 0 Å². The number of hydrogen-bond acceptors (Lipinski definition) is 5. The maximum Gasteiger partial charge on any atom is 0.103 e. The smallest absolute Gasteiger partial charge is 0.103 e. The molecule has 0 aliphatic rings. The molecule has 0 bridgehead atoms. The van der Waals surface area contributed by atoms with Gasteiger partial charge in [0.1, 0.15) is 6.10 Å². The summed E-state index contributed by atoms with van der Waals surface area (Å²) in [6.45, 7) is 0. The van der Waals surface area contributed by atoms with Gasteiger partial charge in [0.2, 0.25) is 0 Å². The lowest BCUT2D eigenvalue weighted by Gasteiger charge is -2.06. The van der Waals surface area contributed by atoms with Crippen molar-refractivity contribution < 1.29 is 5.11 Å². The molecular weight excluding hydrogens is 194 g/mol. The van der Waals surface area contributed by atoms with E-state index in [-0.39, 0.29) is 0 Å². The summed E-state index contributed by atoms with van der Waals surface area (Å²) in [5.74, 6) is 0. The summed E-state index contributed by atoms with van der Waals surface area (Å²) in [4.78, 5) is 7.90. The number of aliphatic hydroxyl groups excluding tert-OH is 1. The summed E-state index contributed by atoms with van der Waals surface area (Å²) in [5.41, 5.74) is 1.28. The van der Waals surface area contributed by atoms with Crippen LogP contribution in [0.3, 0.4) is 0 Å². The molecule has 2 heterocycles. The zero-order valence-electron chi connectivity index (χ0n) is 8.28. The van der Waals surface area contributed by atoms with Gasteiger partial charge in [-0.25, -0.2) is 0 Å². The Balaban J connectivity index is 2.07. The minimum Gasteiger partial charge on any atom is -0.386 e. The first-order valence-corrected chi connectivity index (χ1v) is 4.55.